The van der Waals surface area contributed by atoms with Crippen LogP contribution in [0, 0.1) is 0 Å². The van der Waals surface area contributed by atoms with Crippen molar-refractivity contribution in [1.29, 1.82) is 0 Å². The molecule has 0 saturated carbocycles. The zero-order valence-electron chi connectivity index (χ0n) is 27.1. The van der Waals surface area contributed by atoms with Crippen molar-refractivity contribution in [3.63, 3.8) is 0 Å². The number of carbonyl (C=O) groups excluding carboxylic acids is 6. The molecule has 0 aliphatic heterocycles. The number of fused-ring (bicyclic) bond motifs is 1. The van der Waals surface area contributed by atoms with Gasteiger partial charge in [0, 0.05) is 69.3 Å². The van der Waals surface area contributed by atoms with Crippen LogP contribution >= 0.6 is 11.6 Å². The molecule has 16 nitrogen and oxygen atoms in total. The lowest BCUT2D eigenvalue weighted by Crippen LogP contribution is -2.29. The van der Waals surface area contributed by atoms with Crippen molar-refractivity contribution in [3.05, 3.63) is 95.4 Å². The third kappa shape index (κ3) is 7.94. The van der Waals surface area contributed by atoms with Crippen molar-refractivity contribution in [2.45, 2.75) is 6.42 Å². The van der Waals surface area contributed by atoms with Gasteiger partial charge in [-0.15, -0.1) is 0 Å². The summed E-state index contributed by atoms with van der Waals surface area (Å²) < 4.78 is 4.61. The van der Waals surface area contributed by atoms with E-state index in [1.165, 1.54) is 27.3 Å². The number of benzene rings is 1. The Hall–Kier alpha value is -6.55. The number of nitrogens with one attached hydrogen (secondary N) is 6. The van der Waals surface area contributed by atoms with Gasteiger partial charge in [0.1, 0.15) is 22.8 Å². The van der Waals surface area contributed by atoms with Gasteiger partial charge >= 0.3 is 0 Å². The lowest BCUT2D eigenvalue weighted by atomic mass is 10.2. The van der Waals surface area contributed by atoms with E-state index in [1.54, 1.807) is 68.6 Å². The van der Waals surface area contributed by atoms with Gasteiger partial charge in [-0.25, -0.2) is 0 Å². The Morgan fingerprint density at radius 1 is 0.700 bits per heavy atom. The Morgan fingerprint density at radius 2 is 1.20 bits per heavy atom. The van der Waals surface area contributed by atoms with Crippen LogP contribution in [0.25, 0.3) is 10.9 Å². The first-order valence-electron chi connectivity index (χ1n) is 15.0. The van der Waals surface area contributed by atoms with Crippen molar-refractivity contribution < 1.29 is 28.8 Å². The summed E-state index contributed by atoms with van der Waals surface area (Å²) >= 11 is 5.64. The van der Waals surface area contributed by atoms with E-state index in [0.29, 0.717) is 33.7 Å². The molecule has 17 heteroatoms. The monoisotopic (exact) mass is 700 g/mol. The molecule has 0 fully saturated rings. The molecule has 4 aromatic heterocycles. The maximum Gasteiger partial charge on any atom is 0.272 e. The predicted molar refractivity (Wildman–Crippen MR) is 188 cm³/mol. The van der Waals surface area contributed by atoms with Crippen LogP contribution in [0.4, 0.5) is 22.7 Å². The van der Waals surface area contributed by atoms with Gasteiger partial charge < -0.3 is 51.0 Å². The summed E-state index contributed by atoms with van der Waals surface area (Å²) in [6.45, 7) is 3.48. The summed E-state index contributed by atoms with van der Waals surface area (Å²) in [5, 5.41) is 14.0. The SMILES string of the molecule is C=C(Cl)C(=O)Nc1ccc2[nH]c(C(=O)Nc3cc(C(=O)Nc4cc(C(=O)Nc5cc(C(=O)NCCC(N)=O)n(C)c5)n(C)c4)n(C)c3)cc2c1. The highest BCUT2D eigenvalue weighted by Crippen LogP contribution is 2.23. The second-order valence-electron chi connectivity index (χ2n) is 11.4. The Kier molecular flexibility index (Phi) is 9.94. The van der Waals surface area contributed by atoms with E-state index in [1.807, 2.05) is 0 Å². The number of aryl methyl sites for hydroxylation is 3. The highest BCUT2D eigenvalue weighted by Gasteiger charge is 2.20. The van der Waals surface area contributed by atoms with Crippen molar-refractivity contribution in [2.24, 2.45) is 26.9 Å². The van der Waals surface area contributed by atoms with Crippen molar-refractivity contribution in [2.75, 3.05) is 27.8 Å². The van der Waals surface area contributed by atoms with Crippen LogP contribution in [0.2, 0.25) is 0 Å². The largest absolute Gasteiger partial charge is 0.370 e. The zero-order chi connectivity index (χ0) is 36.3. The predicted octanol–water partition coefficient (Wildman–Crippen LogP) is 3.24. The number of nitrogens with zero attached hydrogens (tertiary/aromatic N) is 3. The van der Waals surface area contributed by atoms with E-state index in [0.717, 1.165) is 0 Å². The molecule has 6 amide bonds. The molecule has 5 aromatic rings. The van der Waals surface area contributed by atoms with Gasteiger partial charge in [0.2, 0.25) is 5.91 Å². The molecule has 8 N–H and O–H groups in total. The summed E-state index contributed by atoms with van der Waals surface area (Å²) in [6.07, 6.45) is 4.71. The summed E-state index contributed by atoms with van der Waals surface area (Å²) in [5.41, 5.74) is 8.31. The number of rotatable bonds is 12. The molecule has 0 atom stereocenters. The molecule has 0 spiro atoms. The van der Waals surface area contributed by atoms with Gasteiger partial charge in [-0.2, -0.15) is 0 Å². The number of primary amides is 1. The highest BCUT2D eigenvalue weighted by molar-refractivity contribution is 6.43. The van der Waals surface area contributed by atoms with Gasteiger partial charge in [-0.1, -0.05) is 18.2 Å². The van der Waals surface area contributed by atoms with E-state index in [2.05, 4.69) is 38.1 Å². The minimum atomic E-state index is -0.538. The summed E-state index contributed by atoms with van der Waals surface area (Å²) in [7, 11) is 4.92. The molecule has 50 heavy (non-hydrogen) atoms. The molecule has 258 valence electrons. The number of hydrogen-bond acceptors (Lipinski definition) is 6. The number of nitrogens with two attached hydrogens (primary N) is 1. The molecular weight excluding hydrogens is 668 g/mol. The molecule has 0 unspecified atom stereocenters. The number of amides is 6. The third-order valence-corrected chi connectivity index (χ3v) is 7.68. The number of aromatic amines is 1. The minimum Gasteiger partial charge on any atom is -0.370 e. The standard InChI is InChI=1S/C33H33ClN10O6/c1-17(34)29(46)37-19-5-6-23-18(9-19)10-24(41-23)30(47)38-20-12-26(43(3)14-20)32(49)40-22-13-27(44(4)16-22)33(50)39-21-11-25(42(2)15-21)31(48)36-8-7-28(35)45/h5-6,9-16,41H,1,7-8H2,2-4H3,(H2,35,45)(H,36,48)(H,37,46)(H,38,47)(H,39,50)(H,40,49). The van der Waals surface area contributed by atoms with Crippen LogP contribution in [-0.2, 0) is 30.7 Å². The van der Waals surface area contributed by atoms with Crippen LogP contribution in [-0.4, -0.2) is 60.7 Å². The second-order valence-corrected chi connectivity index (χ2v) is 11.8. The van der Waals surface area contributed by atoms with E-state index >= 15 is 0 Å². The molecule has 0 radical (unpaired) electrons. The van der Waals surface area contributed by atoms with Crippen LogP contribution in [0.15, 0.2) is 72.7 Å². The highest BCUT2D eigenvalue weighted by atomic mass is 35.5. The van der Waals surface area contributed by atoms with E-state index < -0.39 is 35.4 Å². The number of carbonyl (C=O) groups is 6. The topological polar surface area (TPSA) is 219 Å². The number of halogens is 1. The number of anilines is 4. The van der Waals surface area contributed by atoms with E-state index in [9.17, 15) is 28.8 Å². The van der Waals surface area contributed by atoms with Gasteiger partial charge in [-0.05, 0) is 42.5 Å². The number of aromatic nitrogens is 4. The fourth-order valence-corrected chi connectivity index (χ4v) is 5.13. The molecule has 0 aliphatic carbocycles. The summed E-state index contributed by atoms with van der Waals surface area (Å²) in [5.74, 6) is -2.93. The van der Waals surface area contributed by atoms with Crippen LogP contribution in [0.3, 0.4) is 0 Å². The number of H-pyrrole nitrogens is 1. The molecule has 0 bridgehead atoms. The van der Waals surface area contributed by atoms with E-state index in [-0.39, 0.29) is 40.8 Å². The third-order valence-electron chi connectivity index (χ3n) is 7.51. The summed E-state index contributed by atoms with van der Waals surface area (Å²) in [6, 6.07) is 11.2. The summed E-state index contributed by atoms with van der Waals surface area (Å²) in [4.78, 5) is 77.5. The Labute approximate surface area is 289 Å². The van der Waals surface area contributed by atoms with Gasteiger partial charge in [0.05, 0.1) is 22.1 Å². The minimum absolute atomic E-state index is 0.000665. The first-order valence-corrected chi connectivity index (χ1v) is 15.3. The smallest absolute Gasteiger partial charge is 0.272 e. The maximum atomic E-state index is 13.2. The molecule has 0 saturated heterocycles. The molecule has 1 aromatic carbocycles. The van der Waals surface area contributed by atoms with Crippen LogP contribution in [0.5, 0.6) is 0 Å². The van der Waals surface area contributed by atoms with Gasteiger partial charge in [-0.3, -0.25) is 28.8 Å². The molecular formula is C33H33ClN10O6. The molecule has 5 rings (SSSR count). The van der Waals surface area contributed by atoms with Crippen LogP contribution < -0.4 is 32.3 Å². The number of hydrogen-bond donors (Lipinski definition) is 7. The zero-order valence-corrected chi connectivity index (χ0v) is 27.9. The van der Waals surface area contributed by atoms with Gasteiger partial charge in [0.15, 0.2) is 0 Å². The van der Waals surface area contributed by atoms with Crippen molar-refractivity contribution in [3.8, 4) is 0 Å². The fourth-order valence-electron chi connectivity index (χ4n) is 5.09. The van der Waals surface area contributed by atoms with E-state index in [4.69, 9.17) is 17.3 Å². The van der Waals surface area contributed by atoms with Crippen molar-refractivity contribution in [1.82, 2.24) is 24.0 Å². The normalized spacial score (nSPS) is 10.8. The lowest BCUT2D eigenvalue weighted by molar-refractivity contribution is -0.118. The quantitative estimate of drug-likeness (QED) is 0.0968. The average Bonchev–Trinajstić information content (AvgIpc) is 3.81. The second kappa shape index (κ2) is 14.3. The van der Waals surface area contributed by atoms with Crippen molar-refractivity contribution >= 4 is 80.7 Å². The van der Waals surface area contributed by atoms with Crippen LogP contribution in [0.1, 0.15) is 48.4 Å². The molecule has 0 aliphatic rings. The van der Waals surface area contributed by atoms with Gasteiger partial charge in [0.25, 0.3) is 29.5 Å². The average molecular weight is 701 g/mol. The fraction of sp³-hybridized carbons (Fsp3) is 0.152. The Balaban J connectivity index is 1.20. The molecule has 4 heterocycles. The Morgan fingerprint density at radius 3 is 1.70 bits per heavy atom. The first kappa shape index (κ1) is 34.8. The lowest BCUT2D eigenvalue weighted by Gasteiger charge is -2.04. The Bertz CT molecular complexity index is 2200. The first-order chi connectivity index (χ1) is 23.7. The maximum absolute atomic E-state index is 13.2.